The highest BCUT2D eigenvalue weighted by Gasteiger charge is 2.13. The van der Waals surface area contributed by atoms with Gasteiger partial charge in [0.25, 0.3) is 0 Å². The van der Waals surface area contributed by atoms with Gasteiger partial charge in [0.2, 0.25) is 0 Å². The highest BCUT2D eigenvalue weighted by molar-refractivity contribution is 5.78. The first kappa shape index (κ1) is 24.3. The standard InChI is InChI=1S/C32H37N/c1-8-27(20-25(6)28-15-17-31(18-16-28)33-9-2)32(30-14-13-22(3)24(5)19-30)21-29-12-10-11-23(4)26(29)7/h8,10-19,33H,1,6,9,20-21H2,2-5,7H3/b32-27-. The Morgan fingerprint density at radius 2 is 1.55 bits per heavy atom. The second kappa shape index (κ2) is 11.0. The summed E-state index contributed by atoms with van der Waals surface area (Å²) in [6, 6.07) is 21.9. The normalized spacial score (nSPS) is 11.7. The predicted molar refractivity (Wildman–Crippen MR) is 147 cm³/mol. The molecule has 1 heteroatoms. The van der Waals surface area contributed by atoms with Crippen LogP contribution in [0.25, 0.3) is 11.1 Å². The van der Waals surface area contributed by atoms with Gasteiger partial charge in [-0.1, -0.05) is 67.8 Å². The molecule has 0 aliphatic rings. The summed E-state index contributed by atoms with van der Waals surface area (Å²) < 4.78 is 0. The van der Waals surface area contributed by atoms with Gasteiger partial charge in [-0.25, -0.2) is 0 Å². The Morgan fingerprint density at radius 1 is 0.848 bits per heavy atom. The van der Waals surface area contributed by atoms with Gasteiger partial charge in [-0.05, 0) is 115 Å². The van der Waals surface area contributed by atoms with E-state index in [1.54, 1.807) is 0 Å². The lowest BCUT2D eigenvalue weighted by atomic mass is 9.86. The van der Waals surface area contributed by atoms with Crippen LogP contribution in [-0.4, -0.2) is 6.54 Å². The highest BCUT2D eigenvalue weighted by atomic mass is 14.8. The fourth-order valence-corrected chi connectivity index (χ4v) is 4.19. The Labute approximate surface area is 200 Å². The van der Waals surface area contributed by atoms with E-state index in [-0.39, 0.29) is 0 Å². The first-order chi connectivity index (χ1) is 15.8. The van der Waals surface area contributed by atoms with Crippen LogP contribution in [0.5, 0.6) is 0 Å². The largest absolute Gasteiger partial charge is 0.385 e. The van der Waals surface area contributed by atoms with E-state index >= 15 is 0 Å². The van der Waals surface area contributed by atoms with Gasteiger partial charge in [0.1, 0.15) is 0 Å². The maximum atomic E-state index is 4.43. The molecule has 0 aliphatic carbocycles. The van der Waals surface area contributed by atoms with E-state index in [9.17, 15) is 0 Å². The van der Waals surface area contributed by atoms with Crippen molar-refractivity contribution >= 4 is 16.8 Å². The smallest absolute Gasteiger partial charge is 0.0340 e. The molecule has 0 heterocycles. The minimum absolute atomic E-state index is 0.775. The van der Waals surface area contributed by atoms with Crippen LogP contribution in [0.3, 0.4) is 0 Å². The van der Waals surface area contributed by atoms with Crippen molar-refractivity contribution in [3.63, 3.8) is 0 Å². The monoisotopic (exact) mass is 435 g/mol. The van der Waals surface area contributed by atoms with Gasteiger partial charge in [0.05, 0.1) is 0 Å². The van der Waals surface area contributed by atoms with Crippen LogP contribution in [0.1, 0.15) is 52.3 Å². The maximum absolute atomic E-state index is 4.43. The maximum Gasteiger partial charge on any atom is 0.0340 e. The Morgan fingerprint density at radius 3 is 2.18 bits per heavy atom. The van der Waals surface area contributed by atoms with Crippen molar-refractivity contribution in [3.05, 3.63) is 124 Å². The summed E-state index contributed by atoms with van der Waals surface area (Å²) in [6.45, 7) is 20.4. The molecule has 3 aromatic carbocycles. The molecular weight excluding hydrogens is 398 g/mol. The number of rotatable bonds is 9. The van der Waals surface area contributed by atoms with E-state index in [1.807, 2.05) is 6.08 Å². The molecule has 33 heavy (non-hydrogen) atoms. The lowest BCUT2D eigenvalue weighted by Gasteiger charge is -2.18. The van der Waals surface area contributed by atoms with Crippen molar-refractivity contribution in [2.45, 2.75) is 47.5 Å². The second-order valence-corrected chi connectivity index (χ2v) is 8.93. The van der Waals surface area contributed by atoms with Crippen molar-refractivity contribution < 1.29 is 0 Å². The molecule has 3 aromatic rings. The number of nitrogens with one attached hydrogen (secondary N) is 1. The molecule has 0 unspecified atom stereocenters. The van der Waals surface area contributed by atoms with Crippen LogP contribution in [0.2, 0.25) is 0 Å². The van der Waals surface area contributed by atoms with Crippen molar-refractivity contribution in [1.29, 1.82) is 0 Å². The summed E-state index contributed by atoms with van der Waals surface area (Å²) in [5, 5.41) is 3.36. The quantitative estimate of drug-likeness (QED) is 0.332. The van der Waals surface area contributed by atoms with Crippen LogP contribution in [-0.2, 0) is 6.42 Å². The van der Waals surface area contributed by atoms with Crippen molar-refractivity contribution in [1.82, 2.24) is 0 Å². The van der Waals surface area contributed by atoms with E-state index in [4.69, 9.17) is 0 Å². The number of allylic oxidation sites excluding steroid dienone is 4. The third kappa shape index (κ3) is 5.93. The third-order valence-corrected chi connectivity index (χ3v) is 6.65. The number of benzene rings is 3. The van der Waals surface area contributed by atoms with E-state index in [2.05, 4.69) is 114 Å². The average molecular weight is 436 g/mol. The van der Waals surface area contributed by atoms with E-state index < -0.39 is 0 Å². The number of hydrogen-bond donors (Lipinski definition) is 1. The second-order valence-electron chi connectivity index (χ2n) is 8.93. The summed E-state index contributed by atoms with van der Waals surface area (Å²) >= 11 is 0. The fraction of sp³-hybridized carbons (Fsp3) is 0.250. The lowest BCUT2D eigenvalue weighted by Crippen LogP contribution is -2.01. The number of aryl methyl sites for hydroxylation is 3. The first-order valence-electron chi connectivity index (χ1n) is 11.8. The van der Waals surface area contributed by atoms with E-state index in [0.29, 0.717) is 0 Å². The minimum atomic E-state index is 0.775. The van der Waals surface area contributed by atoms with Crippen molar-refractivity contribution in [3.8, 4) is 0 Å². The van der Waals surface area contributed by atoms with Gasteiger partial charge in [0.15, 0.2) is 0 Å². The topological polar surface area (TPSA) is 12.0 Å². The Kier molecular flexibility index (Phi) is 8.11. The summed E-state index contributed by atoms with van der Waals surface area (Å²) in [4.78, 5) is 0. The molecule has 0 spiro atoms. The molecule has 0 saturated carbocycles. The van der Waals surface area contributed by atoms with Gasteiger partial charge in [0, 0.05) is 12.2 Å². The molecule has 0 bridgehead atoms. The Hall–Kier alpha value is -3.32. The molecule has 0 fully saturated rings. The van der Waals surface area contributed by atoms with Crippen LogP contribution >= 0.6 is 0 Å². The van der Waals surface area contributed by atoms with E-state index in [1.165, 1.54) is 50.1 Å². The van der Waals surface area contributed by atoms with Crippen LogP contribution in [0.4, 0.5) is 5.69 Å². The molecular formula is C32H37N. The molecule has 3 rings (SSSR count). The molecule has 0 aliphatic heterocycles. The van der Waals surface area contributed by atoms with Crippen LogP contribution < -0.4 is 5.32 Å². The summed E-state index contributed by atoms with van der Waals surface area (Å²) in [5.74, 6) is 0. The summed E-state index contributed by atoms with van der Waals surface area (Å²) in [5.41, 5.74) is 13.9. The number of anilines is 1. The third-order valence-electron chi connectivity index (χ3n) is 6.65. The SMILES string of the molecule is C=C/C(CC(=C)c1ccc(NCC)cc1)=C(\Cc1cccc(C)c1C)c1ccc(C)c(C)c1. The molecule has 0 atom stereocenters. The fourth-order valence-electron chi connectivity index (χ4n) is 4.19. The van der Waals surface area contributed by atoms with Crippen molar-refractivity contribution in [2.75, 3.05) is 11.9 Å². The first-order valence-corrected chi connectivity index (χ1v) is 11.8. The zero-order valence-electron chi connectivity index (χ0n) is 20.9. The van der Waals surface area contributed by atoms with Gasteiger partial charge >= 0.3 is 0 Å². The van der Waals surface area contributed by atoms with Crippen LogP contribution in [0.15, 0.2) is 85.5 Å². The summed E-state index contributed by atoms with van der Waals surface area (Å²) in [6.07, 6.45) is 3.68. The van der Waals surface area contributed by atoms with E-state index in [0.717, 1.165) is 30.6 Å². The summed E-state index contributed by atoms with van der Waals surface area (Å²) in [7, 11) is 0. The molecule has 0 radical (unpaired) electrons. The molecule has 1 nitrogen and oxygen atoms in total. The van der Waals surface area contributed by atoms with Gasteiger partial charge < -0.3 is 5.32 Å². The Bertz CT molecular complexity index is 1180. The molecule has 0 saturated heterocycles. The predicted octanol–water partition coefficient (Wildman–Crippen LogP) is 8.64. The zero-order valence-corrected chi connectivity index (χ0v) is 20.9. The van der Waals surface area contributed by atoms with Crippen LogP contribution in [0, 0.1) is 27.7 Å². The van der Waals surface area contributed by atoms with Gasteiger partial charge in [-0.2, -0.15) is 0 Å². The van der Waals surface area contributed by atoms with Crippen molar-refractivity contribution in [2.24, 2.45) is 0 Å². The van der Waals surface area contributed by atoms with Gasteiger partial charge in [-0.15, -0.1) is 0 Å². The zero-order chi connectivity index (χ0) is 24.0. The lowest BCUT2D eigenvalue weighted by molar-refractivity contribution is 1.16. The average Bonchev–Trinajstić information content (AvgIpc) is 2.81. The number of hydrogen-bond acceptors (Lipinski definition) is 1. The molecule has 0 amide bonds. The molecule has 170 valence electrons. The molecule has 1 N–H and O–H groups in total. The minimum Gasteiger partial charge on any atom is -0.385 e. The van der Waals surface area contributed by atoms with Gasteiger partial charge in [-0.3, -0.25) is 0 Å². The Balaban J connectivity index is 2.03. The highest BCUT2D eigenvalue weighted by Crippen LogP contribution is 2.32. The molecule has 0 aromatic heterocycles.